The predicted octanol–water partition coefficient (Wildman–Crippen LogP) is 2.99. The van der Waals surface area contributed by atoms with Crippen molar-refractivity contribution in [1.82, 2.24) is 10.3 Å². The number of aromatic nitrogens is 1. The van der Waals surface area contributed by atoms with E-state index >= 15 is 0 Å². The van der Waals surface area contributed by atoms with Crippen LogP contribution in [0.2, 0.25) is 0 Å². The summed E-state index contributed by atoms with van der Waals surface area (Å²) in [5.74, 6) is -0.251. The summed E-state index contributed by atoms with van der Waals surface area (Å²) in [5.41, 5.74) is 1.71. The van der Waals surface area contributed by atoms with Crippen LogP contribution in [0.1, 0.15) is 11.3 Å². The van der Waals surface area contributed by atoms with Crippen molar-refractivity contribution >= 4 is 11.8 Å². The van der Waals surface area contributed by atoms with Crippen molar-refractivity contribution in [2.75, 3.05) is 7.05 Å². The molecule has 0 fully saturated rings. The maximum atomic E-state index is 13.7. The van der Waals surface area contributed by atoms with Crippen LogP contribution in [0.4, 0.5) is 4.39 Å². The number of rotatable bonds is 4. The number of benzene rings is 1. The molecule has 90 valence electrons. The first-order valence-corrected chi connectivity index (χ1v) is 6.03. The van der Waals surface area contributed by atoms with E-state index in [4.69, 9.17) is 4.42 Å². The van der Waals surface area contributed by atoms with E-state index in [2.05, 4.69) is 10.3 Å². The van der Waals surface area contributed by atoms with E-state index in [1.165, 1.54) is 17.8 Å². The van der Waals surface area contributed by atoms with Crippen molar-refractivity contribution in [3.8, 4) is 0 Å². The lowest BCUT2D eigenvalue weighted by Crippen LogP contribution is -2.05. The molecule has 1 aromatic heterocycles. The molecule has 0 spiro atoms. The fourth-order valence-corrected chi connectivity index (χ4v) is 2.18. The van der Waals surface area contributed by atoms with Crippen LogP contribution in [0.25, 0.3) is 0 Å². The van der Waals surface area contributed by atoms with Crippen molar-refractivity contribution in [3.63, 3.8) is 0 Å². The molecule has 0 atom stereocenters. The minimum absolute atomic E-state index is 0.251. The summed E-state index contributed by atoms with van der Waals surface area (Å²) in [7, 11) is 1.83. The average molecular weight is 252 g/mol. The molecule has 0 aliphatic rings. The lowest BCUT2D eigenvalue weighted by atomic mass is 10.2. The van der Waals surface area contributed by atoms with Gasteiger partial charge in [-0.3, -0.25) is 0 Å². The van der Waals surface area contributed by atoms with Gasteiger partial charge in [-0.2, -0.15) is 0 Å². The van der Waals surface area contributed by atoms with Gasteiger partial charge < -0.3 is 9.73 Å². The van der Waals surface area contributed by atoms with E-state index in [1.54, 1.807) is 12.3 Å². The van der Waals surface area contributed by atoms with Crippen LogP contribution in [0.5, 0.6) is 0 Å². The quantitative estimate of drug-likeness (QED) is 0.907. The van der Waals surface area contributed by atoms with Crippen LogP contribution in [0.3, 0.4) is 0 Å². The van der Waals surface area contributed by atoms with Crippen molar-refractivity contribution in [2.24, 2.45) is 0 Å². The SMILES string of the molecule is CNCc1ccc(Sc2nc(C)co2)c(F)c1. The summed E-state index contributed by atoms with van der Waals surface area (Å²) in [6.45, 7) is 2.49. The molecule has 0 unspecified atom stereocenters. The first-order valence-electron chi connectivity index (χ1n) is 5.22. The first kappa shape index (κ1) is 12.1. The Balaban J connectivity index is 2.16. The zero-order valence-electron chi connectivity index (χ0n) is 9.66. The Bertz CT molecular complexity index is 513. The number of hydrogen-bond acceptors (Lipinski definition) is 4. The normalized spacial score (nSPS) is 10.8. The topological polar surface area (TPSA) is 38.1 Å². The minimum Gasteiger partial charge on any atom is -0.439 e. The summed E-state index contributed by atoms with van der Waals surface area (Å²) < 4.78 is 18.9. The third-order valence-corrected chi connectivity index (χ3v) is 3.09. The van der Waals surface area contributed by atoms with Gasteiger partial charge in [-0.25, -0.2) is 9.37 Å². The molecule has 1 heterocycles. The molecule has 2 rings (SSSR count). The fraction of sp³-hybridized carbons (Fsp3) is 0.250. The number of nitrogens with one attached hydrogen (secondary N) is 1. The molecule has 0 amide bonds. The van der Waals surface area contributed by atoms with Crippen LogP contribution in [-0.4, -0.2) is 12.0 Å². The van der Waals surface area contributed by atoms with Crippen LogP contribution in [0, 0.1) is 12.7 Å². The molecule has 2 aromatic rings. The van der Waals surface area contributed by atoms with Crippen molar-refractivity contribution in [3.05, 3.63) is 41.5 Å². The maximum Gasteiger partial charge on any atom is 0.260 e. The number of nitrogens with zero attached hydrogens (tertiary/aromatic N) is 1. The highest BCUT2D eigenvalue weighted by Crippen LogP contribution is 2.29. The van der Waals surface area contributed by atoms with E-state index in [1.807, 2.05) is 20.0 Å². The van der Waals surface area contributed by atoms with E-state index < -0.39 is 0 Å². The van der Waals surface area contributed by atoms with Gasteiger partial charge in [-0.1, -0.05) is 6.07 Å². The zero-order chi connectivity index (χ0) is 12.3. The predicted molar refractivity (Wildman–Crippen MR) is 64.5 cm³/mol. The Kier molecular flexibility index (Phi) is 3.81. The summed E-state index contributed by atoms with van der Waals surface area (Å²) >= 11 is 1.19. The van der Waals surface area contributed by atoms with Crippen molar-refractivity contribution in [1.29, 1.82) is 0 Å². The van der Waals surface area contributed by atoms with Gasteiger partial charge in [-0.05, 0) is 43.4 Å². The van der Waals surface area contributed by atoms with Gasteiger partial charge in [0.05, 0.1) is 10.6 Å². The minimum atomic E-state index is -0.251. The van der Waals surface area contributed by atoms with Gasteiger partial charge in [-0.15, -0.1) is 0 Å². The Morgan fingerprint density at radius 2 is 2.29 bits per heavy atom. The molecule has 1 aromatic carbocycles. The third-order valence-electron chi connectivity index (χ3n) is 2.17. The molecule has 0 aliphatic carbocycles. The molecule has 0 saturated heterocycles. The summed E-state index contributed by atoms with van der Waals surface area (Å²) in [5, 5.41) is 3.44. The summed E-state index contributed by atoms with van der Waals surface area (Å²) in [6.07, 6.45) is 1.55. The average Bonchev–Trinajstić information content (AvgIpc) is 2.69. The fourth-order valence-electron chi connectivity index (χ4n) is 1.41. The maximum absolute atomic E-state index is 13.7. The Labute approximate surface area is 103 Å². The molecular weight excluding hydrogens is 239 g/mol. The van der Waals surface area contributed by atoms with Gasteiger partial charge in [0.25, 0.3) is 5.22 Å². The van der Waals surface area contributed by atoms with Crippen LogP contribution in [0.15, 0.2) is 39.0 Å². The highest BCUT2D eigenvalue weighted by atomic mass is 32.2. The largest absolute Gasteiger partial charge is 0.439 e. The molecule has 3 nitrogen and oxygen atoms in total. The number of oxazole rings is 1. The Morgan fingerprint density at radius 3 is 2.88 bits per heavy atom. The van der Waals surface area contributed by atoms with Gasteiger partial charge in [0.1, 0.15) is 12.1 Å². The Morgan fingerprint density at radius 1 is 1.47 bits per heavy atom. The number of aryl methyl sites for hydroxylation is 1. The molecule has 0 saturated carbocycles. The molecule has 0 bridgehead atoms. The number of hydrogen-bond donors (Lipinski definition) is 1. The van der Waals surface area contributed by atoms with E-state index in [-0.39, 0.29) is 5.82 Å². The second kappa shape index (κ2) is 5.33. The lowest BCUT2D eigenvalue weighted by molar-refractivity contribution is 0.453. The molecule has 0 radical (unpaired) electrons. The molecular formula is C12H13FN2OS. The standard InChI is InChI=1S/C12H13FN2OS/c1-8-7-16-12(15-8)17-11-4-3-9(6-14-2)5-10(11)13/h3-5,7,14H,6H2,1-2H3. The van der Waals surface area contributed by atoms with Gasteiger partial charge in [0.15, 0.2) is 0 Å². The van der Waals surface area contributed by atoms with Crippen molar-refractivity contribution < 1.29 is 8.81 Å². The van der Waals surface area contributed by atoms with Crippen LogP contribution < -0.4 is 5.32 Å². The van der Waals surface area contributed by atoms with Crippen LogP contribution >= 0.6 is 11.8 Å². The van der Waals surface area contributed by atoms with Crippen LogP contribution in [-0.2, 0) is 6.54 Å². The van der Waals surface area contributed by atoms with Gasteiger partial charge >= 0.3 is 0 Å². The summed E-state index contributed by atoms with van der Waals surface area (Å²) in [6, 6.07) is 5.15. The number of halogens is 1. The monoisotopic (exact) mass is 252 g/mol. The molecule has 0 aliphatic heterocycles. The van der Waals surface area contributed by atoms with Crippen molar-refractivity contribution in [2.45, 2.75) is 23.6 Å². The second-order valence-corrected chi connectivity index (χ2v) is 4.65. The zero-order valence-corrected chi connectivity index (χ0v) is 10.5. The second-order valence-electron chi connectivity index (χ2n) is 3.65. The first-order chi connectivity index (χ1) is 8.19. The highest BCUT2D eigenvalue weighted by molar-refractivity contribution is 7.99. The summed E-state index contributed by atoms with van der Waals surface area (Å²) in [4.78, 5) is 4.64. The third kappa shape index (κ3) is 3.08. The van der Waals surface area contributed by atoms with Gasteiger partial charge in [0.2, 0.25) is 0 Å². The molecule has 17 heavy (non-hydrogen) atoms. The van der Waals surface area contributed by atoms with E-state index in [9.17, 15) is 4.39 Å². The highest BCUT2D eigenvalue weighted by Gasteiger charge is 2.09. The van der Waals surface area contributed by atoms with Gasteiger partial charge in [0, 0.05) is 6.54 Å². The molecule has 5 heteroatoms. The van der Waals surface area contributed by atoms with E-state index in [0.717, 1.165) is 11.3 Å². The Hall–Kier alpha value is -1.33. The smallest absolute Gasteiger partial charge is 0.260 e. The van der Waals surface area contributed by atoms with E-state index in [0.29, 0.717) is 16.7 Å². The lowest BCUT2D eigenvalue weighted by Gasteiger charge is -2.03. The molecule has 1 N–H and O–H groups in total.